The van der Waals surface area contributed by atoms with Gasteiger partial charge < -0.3 is 5.32 Å². The predicted molar refractivity (Wildman–Crippen MR) is 68.6 cm³/mol. The van der Waals surface area contributed by atoms with Crippen LogP contribution in [0.25, 0.3) is 0 Å². The summed E-state index contributed by atoms with van der Waals surface area (Å²) in [4.78, 5) is 11.1. The van der Waals surface area contributed by atoms with Gasteiger partial charge in [0.1, 0.15) is 5.82 Å². The minimum atomic E-state index is 0.561. The van der Waals surface area contributed by atoms with Gasteiger partial charge in [-0.3, -0.25) is 4.90 Å². The van der Waals surface area contributed by atoms with E-state index in [0.717, 1.165) is 18.9 Å². The van der Waals surface area contributed by atoms with Crippen molar-refractivity contribution in [3.05, 3.63) is 24.3 Å². The van der Waals surface area contributed by atoms with E-state index >= 15 is 0 Å². The van der Waals surface area contributed by atoms with Crippen molar-refractivity contribution in [3.63, 3.8) is 0 Å². The lowest BCUT2D eigenvalue weighted by Gasteiger charge is -2.24. The van der Waals surface area contributed by atoms with E-state index in [1.807, 2.05) is 18.5 Å². The Kier molecular flexibility index (Phi) is 4.45. The molecule has 0 spiro atoms. The fourth-order valence-electron chi connectivity index (χ4n) is 2.30. The Morgan fingerprint density at radius 1 is 1.41 bits per heavy atom. The van der Waals surface area contributed by atoms with E-state index in [-0.39, 0.29) is 0 Å². The number of aromatic nitrogens is 2. The molecule has 0 radical (unpaired) electrons. The highest BCUT2D eigenvalue weighted by atomic mass is 15.2. The molecule has 1 aromatic rings. The maximum Gasteiger partial charge on any atom is 0.142 e. The Morgan fingerprint density at radius 2 is 2.18 bits per heavy atom. The fraction of sp³-hybridized carbons (Fsp3) is 0.692. The Morgan fingerprint density at radius 3 is 2.88 bits per heavy atom. The average molecular weight is 234 g/mol. The zero-order valence-electron chi connectivity index (χ0n) is 10.8. The highest BCUT2D eigenvalue weighted by Gasteiger charge is 2.24. The van der Waals surface area contributed by atoms with Crippen molar-refractivity contribution in [1.29, 1.82) is 0 Å². The third-order valence-corrected chi connectivity index (χ3v) is 3.22. The van der Waals surface area contributed by atoms with Crippen molar-refractivity contribution in [2.24, 2.45) is 0 Å². The van der Waals surface area contributed by atoms with Crippen molar-refractivity contribution in [2.45, 2.75) is 45.3 Å². The Labute approximate surface area is 103 Å². The molecule has 1 atom stereocenters. The summed E-state index contributed by atoms with van der Waals surface area (Å²) in [5, 5.41) is 3.52. The molecule has 0 bridgehead atoms. The van der Waals surface area contributed by atoms with Crippen molar-refractivity contribution in [1.82, 2.24) is 20.2 Å². The van der Waals surface area contributed by atoms with Gasteiger partial charge in [-0.25, -0.2) is 9.97 Å². The van der Waals surface area contributed by atoms with E-state index in [4.69, 9.17) is 0 Å². The maximum absolute atomic E-state index is 4.30. The second-order valence-electron chi connectivity index (χ2n) is 4.99. The molecule has 94 valence electrons. The van der Waals surface area contributed by atoms with Crippen LogP contribution in [0, 0.1) is 0 Å². The maximum atomic E-state index is 4.30. The van der Waals surface area contributed by atoms with Crippen LogP contribution in [0.2, 0.25) is 0 Å². The lowest BCUT2D eigenvalue weighted by molar-refractivity contribution is 0.230. The molecule has 1 aromatic heterocycles. The van der Waals surface area contributed by atoms with Crippen LogP contribution in [-0.2, 0) is 6.54 Å². The molecule has 1 saturated heterocycles. The lowest BCUT2D eigenvalue weighted by atomic mass is 10.2. The Bertz CT molecular complexity index is 325. The first kappa shape index (κ1) is 12.5. The van der Waals surface area contributed by atoms with Crippen LogP contribution < -0.4 is 5.32 Å². The van der Waals surface area contributed by atoms with Crippen molar-refractivity contribution >= 4 is 0 Å². The smallest absolute Gasteiger partial charge is 0.142 e. The van der Waals surface area contributed by atoms with Crippen molar-refractivity contribution < 1.29 is 0 Å². The third kappa shape index (κ3) is 3.75. The second-order valence-corrected chi connectivity index (χ2v) is 4.99. The molecule has 1 unspecified atom stereocenters. The van der Waals surface area contributed by atoms with Gasteiger partial charge >= 0.3 is 0 Å². The summed E-state index contributed by atoms with van der Waals surface area (Å²) < 4.78 is 0. The van der Waals surface area contributed by atoms with Gasteiger partial charge in [0.25, 0.3) is 0 Å². The Hall–Kier alpha value is -1.00. The van der Waals surface area contributed by atoms with Gasteiger partial charge in [0.15, 0.2) is 0 Å². The van der Waals surface area contributed by atoms with Crippen molar-refractivity contribution in [2.75, 3.05) is 13.1 Å². The summed E-state index contributed by atoms with van der Waals surface area (Å²) in [7, 11) is 0. The van der Waals surface area contributed by atoms with Gasteiger partial charge in [-0.2, -0.15) is 0 Å². The highest BCUT2D eigenvalue weighted by Crippen LogP contribution is 2.18. The van der Waals surface area contributed by atoms with Crippen LogP contribution in [-0.4, -0.2) is 40.0 Å². The number of hydrogen-bond acceptors (Lipinski definition) is 4. The number of rotatable bonds is 5. The molecule has 2 rings (SSSR count). The van der Waals surface area contributed by atoms with E-state index < -0.39 is 0 Å². The number of nitrogens with one attached hydrogen (secondary N) is 1. The molecule has 0 amide bonds. The molecule has 0 aromatic carbocycles. The summed E-state index contributed by atoms with van der Waals surface area (Å²) in [6.07, 6.45) is 6.21. The topological polar surface area (TPSA) is 41.0 Å². The quantitative estimate of drug-likeness (QED) is 0.837. The molecular formula is C13H22N4. The molecule has 1 N–H and O–H groups in total. The van der Waals surface area contributed by atoms with Gasteiger partial charge in [0, 0.05) is 31.0 Å². The summed E-state index contributed by atoms with van der Waals surface area (Å²) in [5.41, 5.74) is 0. The minimum Gasteiger partial charge on any atom is -0.313 e. The molecule has 17 heavy (non-hydrogen) atoms. The summed E-state index contributed by atoms with van der Waals surface area (Å²) >= 11 is 0. The molecule has 1 fully saturated rings. The fourth-order valence-corrected chi connectivity index (χ4v) is 2.30. The zero-order valence-corrected chi connectivity index (χ0v) is 10.8. The first-order valence-corrected chi connectivity index (χ1v) is 6.49. The first-order chi connectivity index (χ1) is 8.25. The van der Waals surface area contributed by atoms with Crippen LogP contribution in [0.15, 0.2) is 18.5 Å². The van der Waals surface area contributed by atoms with Crippen LogP contribution in [0.1, 0.15) is 32.5 Å². The number of nitrogens with zero attached hydrogens (tertiary/aromatic N) is 3. The van der Waals surface area contributed by atoms with Gasteiger partial charge in [-0.15, -0.1) is 0 Å². The van der Waals surface area contributed by atoms with Crippen LogP contribution >= 0.6 is 0 Å². The van der Waals surface area contributed by atoms with Crippen LogP contribution in [0.3, 0.4) is 0 Å². The molecule has 0 saturated carbocycles. The number of hydrogen-bond donors (Lipinski definition) is 1. The first-order valence-electron chi connectivity index (χ1n) is 6.49. The Balaban J connectivity index is 1.87. The van der Waals surface area contributed by atoms with Crippen LogP contribution in [0.4, 0.5) is 0 Å². The van der Waals surface area contributed by atoms with Gasteiger partial charge in [-0.05, 0) is 25.5 Å². The van der Waals surface area contributed by atoms with Gasteiger partial charge in [0.2, 0.25) is 0 Å². The van der Waals surface area contributed by atoms with E-state index in [1.54, 1.807) is 0 Å². The zero-order chi connectivity index (χ0) is 12.1. The summed E-state index contributed by atoms with van der Waals surface area (Å²) in [6, 6.07) is 3.07. The largest absolute Gasteiger partial charge is 0.313 e. The summed E-state index contributed by atoms with van der Waals surface area (Å²) in [5.74, 6) is 0.934. The lowest BCUT2D eigenvalue weighted by Crippen LogP contribution is -2.40. The third-order valence-electron chi connectivity index (χ3n) is 3.22. The van der Waals surface area contributed by atoms with Gasteiger partial charge in [-0.1, -0.05) is 13.8 Å². The summed E-state index contributed by atoms with van der Waals surface area (Å²) in [6.45, 7) is 7.51. The molecule has 4 heteroatoms. The highest BCUT2D eigenvalue weighted by molar-refractivity contribution is 4.91. The van der Waals surface area contributed by atoms with E-state index in [2.05, 4.69) is 34.0 Å². The van der Waals surface area contributed by atoms with E-state index in [1.165, 1.54) is 19.4 Å². The number of likely N-dealkylation sites (tertiary alicyclic amines) is 1. The molecular weight excluding hydrogens is 212 g/mol. The predicted octanol–water partition coefficient (Wildman–Crippen LogP) is 1.44. The van der Waals surface area contributed by atoms with Gasteiger partial charge in [0.05, 0.1) is 6.54 Å². The molecule has 4 nitrogen and oxygen atoms in total. The van der Waals surface area contributed by atoms with E-state index in [0.29, 0.717) is 12.1 Å². The van der Waals surface area contributed by atoms with Crippen molar-refractivity contribution in [3.8, 4) is 0 Å². The minimum absolute atomic E-state index is 0.561. The molecule has 2 heterocycles. The van der Waals surface area contributed by atoms with E-state index in [9.17, 15) is 0 Å². The molecule has 0 aliphatic carbocycles. The SMILES string of the molecule is CC(C)NCC1CCCN1Cc1ncccn1. The molecule has 1 aliphatic heterocycles. The normalized spacial score (nSPS) is 21.2. The standard InChI is InChI=1S/C13H22N4/c1-11(2)16-9-12-5-3-8-17(12)10-13-14-6-4-7-15-13/h4,6-7,11-12,16H,3,5,8-10H2,1-2H3. The second kappa shape index (κ2) is 6.07. The van der Waals surface area contributed by atoms with Crippen LogP contribution in [0.5, 0.6) is 0 Å². The average Bonchev–Trinajstić information content (AvgIpc) is 2.75. The molecule has 1 aliphatic rings. The monoisotopic (exact) mass is 234 g/mol.